The first-order valence-corrected chi connectivity index (χ1v) is 10.0. The number of fused-ring (bicyclic) bond motifs is 5. The van der Waals surface area contributed by atoms with Crippen LogP contribution in [0.15, 0.2) is 11.6 Å². The molecule has 0 aliphatic heterocycles. The molecule has 0 spiro atoms. The van der Waals surface area contributed by atoms with Gasteiger partial charge >= 0.3 is 0 Å². The maximum absolute atomic E-state index is 10.9. The number of aliphatic hydroxyl groups excluding tert-OH is 3. The minimum Gasteiger partial charge on any atom is -0.393 e. The van der Waals surface area contributed by atoms with Crippen molar-refractivity contribution in [3.8, 4) is 0 Å². The average Bonchev–Trinajstić information content (AvgIpc) is 2.87. The predicted molar refractivity (Wildman–Crippen MR) is 94.3 cm³/mol. The fraction of sp³-hybridized carbons (Fsp3) is 0.905. The summed E-state index contributed by atoms with van der Waals surface area (Å²) in [6.07, 6.45) is 8.55. The summed E-state index contributed by atoms with van der Waals surface area (Å²) in [6.45, 7) is 6.67. The summed E-state index contributed by atoms with van der Waals surface area (Å²) in [5.41, 5.74) is 1.82. The van der Waals surface area contributed by atoms with Gasteiger partial charge in [0.15, 0.2) is 0 Å². The molecule has 4 aliphatic rings. The highest BCUT2D eigenvalue weighted by atomic mass is 16.3. The Morgan fingerprint density at radius 1 is 1.08 bits per heavy atom. The molecule has 136 valence electrons. The number of allylic oxidation sites excluding steroid dienone is 2. The first kappa shape index (κ1) is 17.1. The smallest absolute Gasteiger partial charge is 0.0583 e. The highest BCUT2D eigenvalue weighted by molar-refractivity contribution is 5.30. The van der Waals surface area contributed by atoms with Gasteiger partial charge in [0.2, 0.25) is 0 Å². The van der Waals surface area contributed by atoms with Crippen molar-refractivity contribution in [1.82, 2.24) is 0 Å². The molecule has 4 rings (SSSR count). The zero-order chi connectivity index (χ0) is 17.3. The molecule has 9 atom stereocenters. The molecule has 3 heteroatoms. The molecule has 3 fully saturated rings. The molecular weight excluding hydrogens is 300 g/mol. The fourth-order valence-corrected chi connectivity index (χ4v) is 7.38. The van der Waals surface area contributed by atoms with E-state index < -0.39 is 0 Å². The van der Waals surface area contributed by atoms with E-state index in [2.05, 4.69) is 19.9 Å². The van der Waals surface area contributed by atoms with E-state index >= 15 is 0 Å². The first-order chi connectivity index (χ1) is 11.3. The largest absolute Gasteiger partial charge is 0.393 e. The monoisotopic (exact) mass is 334 g/mol. The lowest BCUT2D eigenvalue weighted by molar-refractivity contribution is -0.0846. The summed E-state index contributed by atoms with van der Waals surface area (Å²) in [6, 6.07) is 0. The number of rotatable bonds is 1. The van der Waals surface area contributed by atoms with Gasteiger partial charge in [0.25, 0.3) is 0 Å². The van der Waals surface area contributed by atoms with E-state index in [9.17, 15) is 15.3 Å². The van der Waals surface area contributed by atoms with Crippen molar-refractivity contribution in [3.63, 3.8) is 0 Å². The SMILES string of the molecule is C[C@H](O)[C@H]1CC[C@H]2[C@@H]3C[C@H](O)[C@H]4C[C@@H](O)CC[C@]4(C)C3=CC[C@]12C. The predicted octanol–water partition coefficient (Wildman–Crippen LogP) is 3.28. The lowest BCUT2D eigenvalue weighted by Crippen LogP contribution is -2.54. The highest BCUT2D eigenvalue weighted by Crippen LogP contribution is 2.65. The van der Waals surface area contributed by atoms with Crippen molar-refractivity contribution in [3.05, 3.63) is 11.6 Å². The molecule has 0 aromatic rings. The summed E-state index contributed by atoms with van der Waals surface area (Å²) in [5.74, 6) is 1.66. The Morgan fingerprint density at radius 3 is 2.54 bits per heavy atom. The molecule has 4 aliphatic carbocycles. The molecule has 3 N–H and O–H groups in total. The Kier molecular flexibility index (Phi) is 3.95. The van der Waals surface area contributed by atoms with Crippen LogP contribution in [0.3, 0.4) is 0 Å². The van der Waals surface area contributed by atoms with Crippen molar-refractivity contribution in [2.24, 2.45) is 34.5 Å². The minimum absolute atomic E-state index is 0.0613. The van der Waals surface area contributed by atoms with Crippen LogP contribution < -0.4 is 0 Å². The lowest BCUT2D eigenvalue weighted by Gasteiger charge is -2.58. The Bertz CT molecular complexity index is 541. The molecule has 0 saturated heterocycles. The van der Waals surface area contributed by atoms with Crippen molar-refractivity contribution < 1.29 is 15.3 Å². The molecule has 0 aromatic carbocycles. The van der Waals surface area contributed by atoms with E-state index in [0.717, 1.165) is 38.5 Å². The topological polar surface area (TPSA) is 60.7 Å². The summed E-state index contributed by atoms with van der Waals surface area (Å²) in [7, 11) is 0. The van der Waals surface area contributed by atoms with Crippen LogP contribution in [0.1, 0.15) is 65.7 Å². The zero-order valence-electron chi connectivity index (χ0n) is 15.4. The van der Waals surface area contributed by atoms with Gasteiger partial charge in [-0.1, -0.05) is 25.5 Å². The maximum atomic E-state index is 10.9. The Labute approximate surface area is 146 Å². The lowest BCUT2D eigenvalue weighted by atomic mass is 9.48. The van der Waals surface area contributed by atoms with E-state index in [4.69, 9.17) is 0 Å². The van der Waals surface area contributed by atoms with Crippen molar-refractivity contribution >= 4 is 0 Å². The van der Waals surface area contributed by atoms with Crippen LogP contribution in [-0.4, -0.2) is 33.6 Å². The van der Waals surface area contributed by atoms with Gasteiger partial charge in [-0.15, -0.1) is 0 Å². The third kappa shape index (κ3) is 2.20. The number of hydrogen-bond acceptors (Lipinski definition) is 3. The molecule has 24 heavy (non-hydrogen) atoms. The average molecular weight is 335 g/mol. The van der Waals surface area contributed by atoms with Crippen LogP contribution in [0.5, 0.6) is 0 Å². The van der Waals surface area contributed by atoms with Crippen LogP contribution in [-0.2, 0) is 0 Å². The summed E-state index contributed by atoms with van der Waals surface area (Å²) >= 11 is 0. The Hall–Kier alpha value is -0.380. The molecule has 0 aromatic heterocycles. The van der Waals surface area contributed by atoms with Gasteiger partial charge in [-0.3, -0.25) is 0 Å². The van der Waals surface area contributed by atoms with Gasteiger partial charge in [0, 0.05) is 0 Å². The Balaban J connectivity index is 1.71. The number of aliphatic hydroxyl groups is 3. The zero-order valence-corrected chi connectivity index (χ0v) is 15.4. The fourth-order valence-electron chi connectivity index (χ4n) is 7.38. The third-order valence-corrected chi connectivity index (χ3v) is 8.67. The van der Waals surface area contributed by atoms with Crippen LogP contribution >= 0.6 is 0 Å². The second-order valence-corrected chi connectivity index (χ2v) is 9.76. The normalized spacial score (nSPS) is 55.2. The molecular formula is C21H34O3. The molecule has 0 amide bonds. The molecule has 0 bridgehead atoms. The van der Waals surface area contributed by atoms with Gasteiger partial charge in [-0.2, -0.15) is 0 Å². The molecule has 0 heterocycles. The molecule has 0 unspecified atom stereocenters. The van der Waals surface area contributed by atoms with Crippen molar-refractivity contribution in [2.75, 3.05) is 0 Å². The van der Waals surface area contributed by atoms with E-state index in [1.165, 1.54) is 6.42 Å². The maximum Gasteiger partial charge on any atom is 0.0583 e. The van der Waals surface area contributed by atoms with Crippen LogP contribution in [0.4, 0.5) is 0 Å². The third-order valence-electron chi connectivity index (χ3n) is 8.67. The van der Waals surface area contributed by atoms with Crippen molar-refractivity contribution in [2.45, 2.75) is 84.0 Å². The van der Waals surface area contributed by atoms with Gasteiger partial charge in [-0.05, 0) is 86.4 Å². The highest BCUT2D eigenvalue weighted by Gasteiger charge is 2.59. The van der Waals surface area contributed by atoms with Crippen LogP contribution in [0.25, 0.3) is 0 Å². The van der Waals surface area contributed by atoms with Gasteiger partial charge < -0.3 is 15.3 Å². The molecule has 3 saturated carbocycles. The standard InChI is InChI=1S/C21H34O3/c1-12(22)15-4-5-16-14-11-19(24)18-10-13(23)6-8-21(18,3)17(14)7-9-20(15,16)2/h7,12-16,18-19,22-24H,4-6,8-11H2,1-3H3/t12-,13-,14-,15+,16-,18+,19-,20+,21+/m0/s1. The summed E-state index contributed by atoms with van der Waals surface area (Å²) in [5, 5.41) is 31.3. The quantitative estimate of drug-likeness (QED) is 0.645. The first-order valence-electron chi connectivity index (χ1n) is 10.0. The molecule has 0 radical (unpaired) electrons. The van der Waals surface area contributed by atoms with Crippen LogP contribution in [0.2, 0.25) is 0 Å². The summed E-state index contributed by atoms with van der Waals surface area (Å²) in [4.78, 5) is 0. The van der Waals surface area contributed by atoms with E-state index in [1.807, 2.05) is 6.92 Å². The second-order valence-electron chi connectivity index (χ2n) is 9.76. The van der Waals surface area contributed by atoms with Crippen molar-refractivity contribution in [1.29, 1.82) is 0 Å². The van der Waals surface area contributed by atoms with E-state index in [0.29, 0.717) is 17.8 Å². The van der Waals surface area contributed by atoms with Gasteiger partial charge in [0.1, 0.15) is 0 Å². The van der Waals surface area contributed by atoms with Gasteiger partial charge in [0.05, 0.1) is 18.3 Å². The van der Waals surface area contributed by atoms with E-state index in [-0.39, 0.29) is 35.1 Å². The van der Waals surface area contributed by atoms with Crippen LogP contribution in [0, 0.1) is 34.5 Å². The number of hydrogen-bond donors (Lipinski definition) is 3. The Morgan fingerprint density at radius 2 is 1.83 bits per heavy atom. The molecule has 3 nitrogen and oxygen atoms in total. The minimum atomic E-state index is -0.292. The second kappa shape index (κ2) is 5.56. The van der Waals surface area contributed by atoms with E-state index in [1.54, 1.807) is 5.57 Å². The van der Waals surface area contributed by atoms with Gasteiger partial charge in [-0.25, -0.2) is 0 Å². The summed E-state index contributed by atoms with van der Waals surface area (Å²) < 4.78 is 0.